The van der Waals surface area contributed by atoms with Gasteiger partial charge < -0.3 is 14.5 Å². The van der Waals surface area contributed by atoms with Crippen LogP contribution in [0.3, 0.4) is 0 Å². The lowest BCUT2D eigenvalue weighted by Crippen LogP contribution is -2.16. The number of aromatic amines is 2. The number of ether oxygens (including phenoxy) is 2. The van der Waals surface area contributed by atoms with E-state index in [2.05, 4.69) is 16.9 Å². The number of rotatable bonds is 8. The van der Waals surface area contributed by atoms with E-state index in [1.165, 1.54) is 0 Å². The maximum Gasteiger partial charge on any atom is 0.255 e. The SMILES string of the molecule is CCCCOc1ccc(Cc2c(C)[nH]c(=S)[nH]c2=O)cc1OCC. The molecule has 0 radical (unpaired) electrons. The Morgan fingerprint density at radius 2 is 1.92 bits per heavy atom. The summed E-state index contributed by atoms with van der Waals surface area (Å²) in [5.74, 6) is 1.45. The van der Waals surface area contributed by atoms with Crippen LogP contribution in [0.1, 0.15) is 43.5 Å². The summed E-state index contributed by atoms with van der Waals surface area (Å²) in [5.41, 5.74) is 2.29. The maximum atomic E-state index is 12.1. The number of aromatic nitrogens is 2. The van der Waals surface area contributed by atoms with Crippen LogP contribution in [-0.2, 0) is 6.42 Å². The third-order valence-electron chi connectivity index (χ3n) is 3.70. The van der Waals surface area contributed by atoms with Crippen LogP contribution in [-0.4, -0.2) is 23.2 Å². The number of benzene rings is 1. The van der Waals surface area contributed by atoms with E-state index in [0.717, 1.165) is 29.8 Å². The zero-order chi connectivity index (χ0) is 17.5. The summed E-state index contributed by atoms with van der Waals surface area (Å²) in [6.45, 7) is 7.15. The van der Waals surface area contributed by atoms with Gasteiger partial charge in [0.1, 0.15) is 0 Å². The zero-order valence-electron chi connectivity index (χ0n) is 14.4. The molecule has 0 aliphatic carbocycles. The fourth-order valence-corrected chi connectivity index (χ4v) is 2.67. The van der Waals surface area contributed by atoms with Gasteiger partial charge in [-0.2, -0.15) is 0 Å². The van der Waals surface area contributed by atoms with Gasteiger partial charge in [-0.3, -0.25) is 9.78 Å². The molecule has 6 heteroatoms. The molecule has 0 saturated carbocycles. The first-order valence-corrected chi connectivity index (χ1v) is 8.66. The number of H-pyrrole nitrogens is 2. The molecule has 0 aliphatic heterocycles. The molecule has 2 rings (SSSR count). The first-order valence-electron chi connectivity index (χ1n) is 8.25. The summed E-state index contributed by atoms with van der Waals surface area (Å²) in [4.78, 5) is 17.7. The largest absolute Gasteiger partial charge is 0.490 e. The van der Waals surface area contributed by atoms with Crippen molar-refractivity contribution < 1.29 is 9.47 Å². The lowest BCUT2D eigenvalue weighted by molar-refractivity contribution is 0.272. The summed E-state index contributed by atoms with van der Waals surface area (Å²) in [7, 11) is 0. The summed E-state index contributed by atoms with van der Waals surface area (Å²) in [6.07, 6.45) is 2.59. The third-order valence-corrected chi connectivity index (χ3v) is 3.90. The molecule has 0 amide bonds. The van der Waals surface area contributed by atoms with Crippen LogP contribution in [0.25, 0.3) is 0 Å². The highest BCUT2D eigenvalue weighted by Gasteiger charge is 2.10. The Kier molecular flexibility index (Phi) is 6.61. The van der Waals surface area contributed by atoms with Crippen LogP contribution in [0.2, 0.25) is 0 Å². The Hall–Kier alpha value is -2.08. The Balaban J connectivity index is 2.27. The Labute approximate surface area is 147 Å². The molecule has 1 heterocycles. The highest BCUT2D eigenvalue weighted by molar-refractivity contribution is 7.71. The van der Waals surface area contributed by atoms with Crippen LogP contribution in [0, 0.1) is 11.7 Å². The first-order chi connectivity index (χ1) is 11.5. The van der Waals surface area contributed by atoms with Crippen LogP contribution in [0.4, 0.5) is 0 Å². The van der Waals surface area contributed by atoms with E-state index < -0.39 is 0 Å². The van der Waals surface area contributed by atoms with Gasteiger partial charge in [0.05, 0.1) is 13.2 Å². The summed E-state index contributed by atoms with van der Waals surface area (Å²) in [6, 6.07) is 5.81. The highest BCUT2D eigenvalue weighted by atomic mass is 32.1. The van der Waals surface area contributed by atoms with E-state index in [1.807, 2.05) is 32.0 Å². The lowest BCUT2D eigenvalue weighted by Gasteiger charge is -2.13. The predicted molar refractivity (Wildman–Crippen MR) is 97.8 cm³/mol. The van der Waals surface area contributed by atoms with Gasteiger partial charge >= 0.3 is 0 Å². The summed E-state index contributed by atoms with van der Waals surface area (Å²) in [5, 5.41) is 0. The monoisotopic (exact) mass is 348 g/mol. The average Bonchev–Trinajstić information content (AvgIpc) is 2.53. The standard InChI is InChI=1S/C18H24N2O3S/c1-4-6-9-23-15-8-7-13(11-16(15)22-5-2)10-14-12(3)19-18(24)20-17(14)21/h7-8,11H,4-6,9-10H2,1-3H3,(H2,19,20,21,24). The second-order valence-corrected chi connectivity index (χ2v) is 6.01. The quantitative estimate of drug-likeness (QED) is 0.561. The molecule has 0 aliphatic rings. The van der Waals surface area contributed by atoms with E-state index in [-0.39, 0.29) is 5.56 Å². The molecule has 1 aromatic carbocycles. The molecule has 0 bridgehead atoms. The maximum absolute atomic E-state index is 12.1. The van der Waals surface area contributed by atoms with Gasteiger partial charge in [-0.05, 0) is 50.2 Å². The Morgan fingerprint density at radius 1 is 1.12 bits per heavy atom. The molecule has 0 spiro atoms. The molecule has 5 nitrogen and oxygen atoms in total. The van der Waals surface area contributed by atoms with Crippen molar-refractivity contribution in [2.75, 3.05) is 13.2 Å². The zero-order valence-corrected chi connectivity index (χ0v) is 15.2. The number of nitrogens with one attached hydrogen (secondary N) is 2. The van der Waals surface area contributed by atoms with E-state index in [1.54, 1.807) is 0 Å². The van der Waals surface area contributed by atoms with Gasteiger partial charge in [-0.1, -0.05) is 19.4 Å². The minimum absolute atomic E-state index is 0.155. The number of hydrogen-bond donors (Lipinski definition) is 2. The number of hydrogen-bond acceptors (Lipinski definition) is 4. The van der Waals surface area contributed by atoms with Crippen LogP contribution in [0.15, 0.2) is 23.0 Å². The van der Waals surface area contributed by atoms with E-state index in [4.69, 9.17) is 21.7 Å². The fourth-order valence-electron chi connectivity index (χ4n) is 2.42. The minimum Gasteiger partial charge on any atom is -0.490 e. The van der Waals surface area contributed by atoms with Gasteiger partial charge in [0.15, 0.2) is 16.3 Å². The Bertz CT molecular complexity index is 796. The number of unbranched alkanes of at least 4 members (excludes halogenated alkanes) is 1. The van der Waals surface area contributed by atoms with Crippen LogP contribution in [0.5, 0.6) is 11.5 Å². The third kappa shape index (κ3) is 4.71. The van der Waals surface area contributed by atoms with Crippen molar-refractivity contribution in [1.82, 2.24) is 9.97 Å². The minimum atomic E-state index is -0.155. The van der Waals surface area contributed by atoms with Crippen molar-refractivity contribution in [3.05, 3.63) is 50.1 Å². The normalized spacial score (nSPS) is 10.6. The molecule has 0 atom stereocenters. The average molecular weight is 348 g/mol. The topological polar surface area (TPSA) is 67.1 Å². The van der Waals surface area contributed by atoms with Crippen molar-refractivity contribution >= 4 is 12.2 Å². The molecule has 2 N–H and O–H groups in total. The van der Waals surface area contributed by atoms with E-state index in [0.29, 0.717) is 35.7 Å². The van der Waals surface area contributed by atoms with Crippen molar-refractivity contribution in [1.29, 1.82) is 0 Å². The highest BCUT2D eigenvalue weighted by Crippen LogP contribution is 2.29. The van der Waals surface area contributed by atoms with Crippen molar-refractivity contribution in [2.24, 2.45) is 0 Å². The van der Waals surface area contributed by atoms with E-state index in [9.17, 15) is 4.79 Å². The molecular formula is C18H24N2O3S. The van der Waals surface area contributed by atoms with Crippen molar-refractivity contribution in [2.45, 2.75) is 40.0 Å². The van der Waals surface area contributed by atoms with Crippen molar-refractivity contribution in [3.63, 3.8) is 0 Å². The molecule has 1 aromatic heterocycles. The molecular weight excluding hydrogens is 324 g/mol. The van der Waals surface area contributed by atoms with Gasteiger partial charge in [-0.15, -0.1) is 0 Å². The van der Waals surface area contributed by atoms with Crippen LogP contribution >= 0.6 is 12.2 Å². The molecule has 0 unspecified atom stereocenters. The summed E-state index contributed by atoms with van der Waals surface area (Å²) < 4.78 is 11.8. The molecule has 24 heavy (non-hydrogen) atoms. The van der Waals surface area contributed by atoms with Gasteiger partial charge in [0, 0.05) is 17.7 Å². The van der Waals surface area contributed by atoms with Crippen molar-refractivity contribution in [3.8, 4) is 11.5 Å². The number of aryl methyl sites for hydroxylation is 1. The van der Waals surface area contributed by atoms with Gasteiger partial charge in [-0.25, -0.2) is 0 Å². The fraction of sp³-hybridized carbons (Fsp3) is 0.444. The molecule has 0 fully saturated rings. The molecule has 130 valence electrons. The van der Waals surface area contributed by atoms with Gasteiger partial charge in [0.25, 0.3) is 5.56 Å². The lowest BCUT2D eigenvalue weighted by atomic mass is 10.0. The molecule has 2 aromatic rings. The van der Waals surface area contributed by atoms with Gasteiger partial charge in [0.2, 0.25) is 0 Å². The van der Waals surface area contributed by atoms with E-state index >= 15 is 0 Å². The molecule has 0 saturated heterocycles. The van der Waals surface area contributed by atoms with Crippen LogP contribution < -0.4 is 15.0 Å². The Morgan fingerprint density at radius 3 is 2.58 bits per heavy atom. The first kappa shape index (κ1) is 18.3. The summed E-state index contributed by atoms with van der Waals surface area (Å²) >= 11 is 4.99. The second-order valence-electron chi connectivity index (χ2n) is 5.60. The smallest absolute Gasteiger partial charge is 0.255 e. The predicted octanol–water partition coefficient (Wildman–Crippen LogP) is 3.91. The second kappa shape index (κ2) is 8.68.